The Bertz CT molecular complexity index is 702. The van der Waals surface area contributed by atoms with E-state index in [1.807, 2.05) is 4.57 Å². The Kier molecular flexibility index (Phi) is 2.60. The Morgan fingerprint density at radius 3 is 3.00 bits per heavy atom. The summed E-state index contributed by atoms with van der Waals surface area (Å²) in [5.41, 5.74) is 5.66. The van der Waals surface area contributed by atoms with Crippen LogP contribution in [0.25, 0.3) is 0 Å². The van der Waals surface area contributed by atoms with Crippen molar-refractivity contribution in [3.8, 4) is 0 Å². The van der Waals surface area contributed by atoms with Crippen LogP contribution in [0.4, 0.5) is 0 Å². The minimum atomic E-state index is -1.01. The highest BCUT2D eigenvalue weighted by atomic mass is 79.9. The lowest BCUT2D eigenvalue weighted by Gasteiger charge is -2.49. The van der Waals surface area contributed by atoms with Crippen LogP contribution in [0.5, 0.6) is 0 Å². The lowest BCUT2D eigenvalue weighted by atomic mass is 9.93. The lowest BCUT2D eigenvalue weighted by molar-refractivity contribution is -0.177. The number of fused-ring (bicyclic) bond motifs is 1. The lowest BCUT2D eigenvalue weighted by Crippen LogP contribution is -2.68. The largest absolute Gasteiger partial charge is 0.370 e. The third-order valence-electron chi connectivity index (χ3n) is 4.46. The van der Waals surface area contributed by atoms with Crippen molar-refractivity contribution in [2.75, 3.05) is 13.7 Å². The molecule has 1 aromatic rings. The molecular formula is C12H13Br2N5O2. The maximum absolute atomic E-state index is 12.8. The highest BCUT2D eigenvalue weighted by Crippen LogP contribution is 2.53. The summed E-state index contributed by atoms with van der Waals surface area (Å²) in [6, 6.07) is 1.80. The summed E-state index contributed by atoms with van der Waals surface area (Å²) in [5, 5.41) is 3.13. The number of guanidine groups is 1. The van der Waals surface area contributed by atoms with Gasteiger partial charge in [-0.25, -0.2) is 0 Å². The average Bonchev–Trinajstić information content (AvgIpc) is 3.00. The number of nitrogens with two attached hydrogens (primary N) is 1. The number of nitrogens with one attached hydrogen (secondary N) is 1. The van der Waals surface area contributed by atoms with Crippen LogP contribution in [0.3, 0.4) is 0 Å². The molecule has 1 fully saturated rings. The Morgan fingerprint density at radius 1 is 1.52 bits per heavy atom. The van der Waals surface area contributed by atoms with Gasteiger partial charge in [0.2, 0.25) is 5.72 Å². The molecule has 4 heterocycles. The number of hydrogen-bond donors (Lipinski definition) is 2. The number of halogens is 2. The molecule has 21 heavy (non-hydrogen) atoms. The quantitative estimate of drug-likeness (QED) is 0.715. The van der Waals surface area contributed by atoms with Crippen LogP contribution >= 0.6 is 31.9 Å². The highest BCUT2D eigenvalue weighted by molar-refractivity contribution is 9.13. The third-order valence-corrected chi connectivity index (χ3v) is 6.38. The van der Waals surface area contributed by atoms with Gasteiger partial charge in [0.05, 0.1) is 4.47 Å². The zero-order chi connectivity index (χ0) is 15.0. The fourth-order valence-corrected chi connectivity index (χ4v) is 4.62. The molecule has 0 saturated carbocycles. The molecule has 7 nitrogen and oxygen atoms in total. The fraction of sp³-hybridized carbons (Fsp3) is 0.500. The van der Waals surface area contributed by atoms with Crippen LogP contribution in [-0.4, -0.2) is 40.7 Å². The van der Waals surface area contributed by atoms with E-state index in [9.17, 15) is 4.79 Å². The fourth-order valence-electron chi connectivity index (χ4n) is 3.67. The number of aromatic nitrogens is 1. The van der Waals surface area contributed by atoms with Gasteiger partial charge in [-0.05, 0) is 44.3 Å². The predicted molar refractivity (Wildman–Crippen MR) is 82.6 cm³/mol. The zero-order valence-electron chi connectivity index (χ0n) is 11.2. The Labute approximate surface area is 137 Å². The van der Waals surface area contributed by atoms with Gasteiger partial charge in [0, 0.05) is 20.1 Å². The van der Waals surface area contributed by atoms with Crippen molar-refractivity contribution in [3.63, 3.8) is 0 Å². The first-order valence-electron chi connectivity index (χ1n) is 6.55. The SMILES string of the molecule is CO[C@]12CCCN3C(=O)c4cc(Br)c(Br)n4[C@@]31N=C(N)N2. The van der Waals surface area contributed by atoms with Gasteiger partial charge in [-0.15, -0.1) is 0 Å². The van der Waals surface area contributed by atoms with E-state index in [2.05, 4.69) is 42.2 Å². The van der Waals surface area contributed by atoms with Crippen LogP contribution in [-0.2, 0) is 10.5 Å². The summed E-state index contributed by atoms with van der Waals surface area (Å²) >= 11 is 6.99. The van der Waals surface area contributed by atoms with Crippen molar-refractivity contribution in [2.24, 2.45) is 10.7 Å². The van der Waals surface area contributed by atoms with Gasteiger partial charge in [-0.3, -0.25) is 14.3 Å². The molecule has 1 amide bonds. The minimum absolute atomic E-state index is 0.0669. The van der Waals surface area contributed by atoms with E-state index in [-0.39, 0.29) is 11.9 Å². The molecule has 0 aliphatic carbocycles. The van der Waals surface area contributed by atoms with Gasteiger partial charge < -0.3 is 15.8 Å². The van der Waals surface area contributed by atoms with Gasteiger partial charge in [0.1, 0.15) is 10.3 Å². The molecule has 4 rings (SSSR count). The van der Waals surface area contributed by atoms with Gasteiger partial charge in [-0.1, -0.05) is 0 Å². The van der Waals surface area contributed by atoms with Crippen molar-refractivity contribution in [1.29, 1.82) is 0 Å². The Hall–Kier alpha value is -1.06. The van der Waals surface area contributed by atoms with E-state index in [4.69, 9.17) is 10.5 Å². The number of hydrogen-bond acceptors (Lipinski definition) is 5. The molecule has 0 bridgehead atoms. The van der Waals surface area contributed by atoms with E-state index in [1.54, 1.807) is 18.1 Å². The number of ether oxygens (including phenoxy) is 1. The zero-order valence-corrected chi connectivity index (χ0v) is 14.4. The number of rotatable bonds is 1. The van der Waals surface area contributed by atoms with Crippen molar-refractivity contribution >= 4 is 43.7 Å². The average molecular weight is 419 g/mol. The van der Waals surface area contributed by atoms with Crippen LogP contribution < -0.4 is 11.1 Å². The van der Waals surface area contributed by atoms with E-state index >= 15 is 0 Å². The van der Waals surface area contributed by atoms with E-state index < -0.39 is 11.5 Å². The van der Waals surface area contributed by atoms with Gasteiger partial charge >= 0.3 is 0 Å². The molecule has 3 N–H and O–H groups in total. The molecule has 1 saturated heterocycles. The molecule has 112 valence electrons. The minimum Gasteiger partial charge on any atom is -0.370 e. The van der Waals surface area contributed by atoms with Crippen LogP contribution in [0.1, 0.15) is 23.3 Å². The third kappa shape index (κ3) is 1.33. The Balaban J connectivity index is 2.08. The van der Waals surface area contributed by atoms with Gasteiger partial charge in [0.25, 0.3) is 11.7 Å². The maximum atomic E-state index is 12.8. The molecule has 0 unspecified atom stereocenters. The summed E-state index contributed by atoms with van der Waals surface area (Å²) in [5.74, 6) is -0.801. The number of nitrogens with zero attached hydrogens (tertiary/aromatic N) is 3. The highest BCUT2D eigenvalue weighted by Gasteiger charge is 2.69. The second-order valence-corrected chi connectivity index (χ2v) is 6.96. The molecule has 1 spiro atoms. The topological polar surface area (TPSA) is 84.9 Å². The molecule has 0 radical (unpaired) electrons. The van der Waals surface area contributed by atoms with Crippen molar-refractivity contribution in [2.45, 2.75) is 24.4 Å². The number of piperidine rings is 1. The number of carbonyl (C=O) groups is 1. The summed E-state index contributed by atoms with van der Waals surface area (Å²) in [7, 11) is 1.61. The Morgan fingerprint density at radius 2 is 2.29 bits per heavy atom. The summed E-state index contributed by atoms with van der Waals surface area (Å²) in [4.78, 5) is 19.1. The van der Waals surface area contributed by atoms with Gasteiger partial charge in [-0.2, -0.15) is 4.99 Å². The van der Waals surface area contributed by atoms with Gasteiger partial charge in [0.15, 0.2) is 5.96 Å². The number of carbonyl (C=O) groups excluding carboxylic acids is 1. The molecule has 9 heteroatoms. The van der Waals surface area contributed by atoms with Crippen LogP contribution in [0, 0.1) is 0 Å². The molecule has 1 aromatic heterocycles. The standard InChI is InChI=1S/C12H13Br2N5O2/c1-21-11-3-2-4-18-9(20)7-5-6(13)8(14)19(7)12(11,18)17-10(15)16-11/h5H,2-4H2,1H3,(H3,15,16,17)/t11-,12+/m1/s1. The second-order valence-electron chi connectivity index (χ2n) is 5.35. The molecule has 3 aliphatic rings. The number of methoxy groups -OCH3 is 1. The van der Waals surface area contributed by atoms with Crippen molar-refractivity contribution in [3.05, 3.63) is 20.8 Å². The van der Waals surface area contributed by atoms with E-state index in [0.717, 1.165) is 15.5 Å². The molecule has 2 atom stereocenters. The van der Waals surface area contributed by atoms with Crippen molar-refractivity contribution in [1.82, 2.24) is 14.8 Å². The maximum Gasteiger partial charge on any atom is 0.274 e. The smallest absolute Gasteiger partial charge is 0.274 e. The van der Waals surface area contributed by atoms with Crippen LogP contribution in [0.2, 0.25) is 0 Å². The normalized spacial score (nSPS) is 33.4. The summed E-state index contributed by atoms with van der Waals surface area (Å²) in [6.45, 7) is 0.619. The number of amides is 1. The monoisotopic (exact) mass is 417 g/mol. The first-order valence-corrected chi connectivity index (χ1v) is 8.13. The molecule has 0 aromatic carbocycles. The van der Waals surface area contributed by atoms with Crippen LogP contribution in [0.15, 0.2) is 20.1 Å². The first-order chi connectivity index (χ1) is 9.97. The van der Waals surface area contributed by atoms with E-state index in [1.165, 1.54) is 0 Å². The second kappa shape index (κ2) is 4.02. The van der Waals surface area contributed by atoms with E-state index in [0.29, 0.717) is 18.7 Å². The molecular weight excluding hydrogens is 406 g/mol. The van der Waals surface area contributed by atoms with Crippen molar-refractivity contribution < 1.29 is 9.53 Å². The predicted octanol–water partition coefficient (Wildman–Crippen LogP) is 1.13. The first kappa shape index (κ1) is 13.6. The number of aliphatic imine (C=N–C) groups is 1. The molecule has 3 aliphatic heterocycles. The summed E-state index contributed by atoms with van der Waals surface area (Å²) < 4.78 is 9.20. The summed E-state index contributed by atoms with van der Waals surface area (Å²) in [6.07, 6.45) is 1.53.